The largest absolute Gasteiger partial charge is 0.394 e. The van der Waals surface area contributed by atoms with Gasteiger partial charge in [0.25, 0.3) is 0 Å². The van der Waals surface area contributed by atoms with Gasteiger partial charge in [0.2, 0.25) is 0 Å². The van der Waals surface area contributed by atoms with E-state index < -0.39 is 117 Å². The van der Waals surface area contributed by atoms with E-state index in [0.29, 0.717) is 36.8 Å². The minimum Gasteiger partial charge on any atom is -0.394 e. The lowest BCUT2D eigenvalue weighted by molar-refractivity contribution is -0.369. The first-order valence-corrected chi connectivity index (χ1v) is 22.8. The van der Waals surface area contributed by atoms with Crippen LogP contribution in [0.3, 0.4) is 0 Å². The molecule has 22 atom stereocenters. The van der Waals surface area contributed by atoms with Crippen LogP contribution >= 0.6 is 0 Å². The Bertz CT molecular complexity index is 1700. The van der Waals surface area contributed by atoms with Gasteiger partial charge in [0, 0.05) is 18.4 Å². The van der Waals surface area contributed by atoms with Gasteiger partial charge in [0.15, 0.2) is 30.4 Å². The summed E-state index contributed by atoms with van der Waals surface area (Å²) in [5.74, 6) is 0.340. The van der Waals surface area contributed by atoms with Crippen LogP contribution < -0.4 is 0 Å². The van der Waals surface area contributed by atoms with Crippen molar-refractivity contribution in [1.29, 1.82) is 0 Å². The monoisotopic (exact) mass is 898 g/mol. The maximum atomic E-state index is 13.9. The Kier molecular flexibility index (Phi) is 15.1. The lowest BCUT2D eigenvalue weighted by Gasteiger charge is -2.57. The Labute approximate surface area is 367 Å². The van der Waals surface area contributed by atoms with E-state index >= 15 is 0 Å². The molecule has 0 aromatic carbocycles. The van der Waals surface area contributed by atoms with Crippen molar-refractivity contribution in [2.45, 2.75) is 191 Å². The van der Waals surface area contributed by atoms with Gasteiger partial charge in [-0.25, -0.2) is 0 Å². The molecule has 0 aromatic heterocycles. The number of carbonyl (C=O) groups is 2. The zero-order chi connectivity index (χ0) is 45.9. The van der Waals surface area contributed by atoms with E-state index in [9.17, 15) is 60.7 Å². The van der Waals surface area contributed by atoms with E-state index in [-0.39, 0.29) is 53.7 Å². The fraction of sp³-hybridized carbons (Fsp3) is 0.867. The molecule has 0 aromatic rings. The van der Waals surface area contributed by atoms with Crippen molar-refractivity contribution < 1.29 is 89.1 Å². The molecule has 4 aliphatic carbocycles. The van der Waals surface area contributed by atoms with Gasteiger partial charge in [0.05, 0.1) is 32.0 Å². The van der Waals surface area contributed by atoms with Gasteiger partial charge < -0.3 is 79.5 Å². The standard InChI is InChI=1S/C45H70O18/c1-19(18-58-41-38(56)36(54)33(51)29(16-46)61-41)6-9-27(48)20(2)31-28(49)15-26-24-8-7-22-14-23(10-12-44(22,4)25(24)11-13-45(26,31)5)60-43-40(37(55)34(52)30(17-47)62-43)63-42-39(57)35(53)32(50)21(3)59-42/h7,19,21,23-26,29-30,32-43,46-47,50-57H,6,8-18H2,1-5H3/b31-20-/t19-,21+,23+,24-,25+,26+,29-,30-,32+,33-,34-,35-,36+,37+,38-,39-,40-,41-,42+,43-,44+,45+/m1/s1. The first kappa shape index (κ1) is 49.1. The summed E-state index contributed by atoms with van der Waals surface area (Å²) in [6, 6.07) is 0. The van der Waals surface area contributed by atoms with Gasteiger partial charge in [-0.3, -0.25) is 9.59 Å². The van der Waals surface area contributed by atoms with Gasteiger partial charge in [0.1, 0.15) is 67.1 Å². The highest BCUT2D eigenvalue weighted by Gasteiger charge is 2.60. The quantitative estimate of drug-likeness (QED) is 0.0807. The second-order valence-corrected chi connectivity index (χ2v) is 19.9. The molecule has 18 nitrogen and oxygen atoms in total. The third-order valence-corrected chi connectivity index (χ3v) is 16.0. The number of Topliss-reactive ketones (excluding diaryl/α,β-unsaturated/α-hetero) is 2. The molecule has 7 aliphatic rings. The SMILES string of the molecule is C/C(C(=O)CC[C@@H](C)CO[C@@H]1O[C@H](CO)[C@@H](O)[C@H](O)[C@H]1O)=C1\C(=O)C[C@H]2[C@@H]3CC=C4C[C@@H](O[C@@H]5O[C@H](CO)[C@@H](O)[C@H](O)[C@H]5O[C@@H]5O[C@@H](C)[C@H](O)[C@@H](O)[C@H]5O)CC[C@]4(C)[C@H]3CC[C@]12C. The lowest BCUT2D eigenvalue weighted by Crippen LogP contribution is -2.64. The zero-order valence-corrected chi connectivity index (χ0v) is 36.8. The molecule has 358 valence electrons. The third kappa shape index (κ3) is 9.15. The number of fused-ring (bicyclic) bond motifs is 5. The number of ketones is 2. The fourth-order valence-electron chi connectivity index (χ4n) is 12.0. The smallest absolute Gasteiger partial charge is 0.187 e. The average molecular weight is 899 g/mol. The molecule has 3 aliphatic heterocycles. The van der Waals surface area contributed by atoms with Crippen LogP contribution in [0.1, 0.15) is 92.4 Å². The second kappa shape index (κ2) is 19.4. The summed E-state index contributed by atoms with van der Waals surface area (Å²) in [5.41, 5.74) is 1.73. The normalized spacial score (nSPS) is 49.0. The Morgan fingerprint density at radius 1 is 0.762 bits per heavy atom. The molecule has 0 bridgehead atoms. The lowest BCUT2D eigenvalue weighted by atomic mass is 9.47. The van der Waals surface area contributed by atoms with Crippen LogP contribution in [0.2, 0.25) is 0 Å². The van der Waals surface area contributed by atoms with Crippen LogP contribution in [0.5, 0.6) is 0 Å². The van der Waals surface area contributed by atoms with Crippen molar-refractivity contribution >= 4 is 11.6 Å². The number of hydrogen-bond acceptors (Lipinski definition) is 18. The van der Waals surface area contributed by atoms with Crippen molar-refractivity contribution in [3.05, 3.63) is 22.8 Å². The van der Waals surface area contributed by atoms with Gasteiger partial charge in [-0.05, 0) is 98.9 Å². The summed E-state index contributed by atoms with van der Waals surface area (Å²) in [6.45, 7) is 8.48. The fourth-order valence-corrected chi connectivity index (χ4v) is 12.0. The molecule has 10 N–H and O–H groups in total. The van der Waals surface area contributed by atoms with Crippen molar-refractivity contribution in [2.24, 2.45) is 34.5 Å². The van der Waals surface area contributed by atoms with Gasteiger partial charge >= 0.3 is 0 Å². The summed E-state index contributed by atoms with van der Waals surface area (Å²) in [6.07, 6.45) is -13.8. The zero-order valence-electron chi connectivity index (χ0n) is 36.8. The molecule has 3 heterocycles. The first-order valence-electron chi connectivity index (χ1n) is 22.8. The maximum Gasteiger partial charge on any atom is 0.187 e. The molecule has 63 heavy (non-hydrogen) atoms. The molecule has 7 rings (SSSR count). The van der Waals surface area contributed by atoms with Gasteiger partial charge in [-0.15, -0.1) is 0 Å². The predicted molar refractivity (Wildman–Crippen MR) is 218 cm³/mol. The van der Waals surface area contributed by atoms with E-state index in [1.807, 2.05) is 6.92 Å². The van der Waals surface area contributed by atoms with Crippen LogP contribution in [0.4, 0.5) is 0 Å². The van der Waals surface area contributed by atoms with Crippen LogP contribution in [0.15, 0.2) is 22.8 Å². The molecule has 18 heteroatoms. The molecule has 0 spiro atoms. The Morgan fingerprint density at radius 2 is 1.38 bits per heavy atom. The number of aliphatic hydroxyl groups excluding tert-OH is 10. The van der Waals surface area contributed by atoms with Crippen molar-refractivity contribution in [3.63, 3.8) is 0 Å². The van der Waals surface area contributed by atoms with Gasteiger partial charge in [-0.1, -0.05) is 32.4 Å². The van der Waals surface area contributed by atoms with E-state index in [0.717, 1.165) is 25.7 Å². The van der Waals surface area contributed by atoms with E-state index in [1.54, 1.807) is 6.92 Å². The highest BCUT2D eigenvalue weighted by atomic mass is 16.8. The molecule has 3 saturated heterocycles. The number of carbonyl (C=O) groups excluding carboxylic acids is 2. The minimum absolute atomic E-state index is 0.0223. The highest BCUT2D eigenvalue weighted by Crippen LogP contribution is 2.66. The Morgan fingerprint density at radius 3 is 2.06 bits per heavy atom. The number of allylic oxidation sites excluding steroid dienone is 3. The van der Waals surface area contributed by atoms with Crippen LogP contribution in [0, 0.1) is 34.5 Å². The number of ether oxygens (including phenoxy) is 6. The van der Waals surface area contributed by atoms with Crippen LogP contribution in [0.25, 0.3) is 0 Å². The highest BCUT2D eigenvalue weighted by molar-refractivity contribution is 6.08. The summed E-state index contributed by atoms with van der Waals surface area (Å²) in [5, 5.41) is 103. The average Bonchev–Trinajstić information content (AvgIpc) is 3.54. The van der Waals surface area contributed by atoms with Crippen LogP contribution in [-0.2, 0) is 38.0 Å². The van der Waals surface area contributed by atoms with Gasteiger partial charge in [-0.2, -0.15) is 0 Å². The molecule has 6 fully saturated rings. The minimum atomic E-state index is -1.67. The Hall–Kier alpha value is -1.82. The number of aliphatic hydroxyl groups is 10. The molecule has 0 amide bonds. The summed E-state index contributed by atoms with van der Waals surface area (Å²) in [7, 11) is 0. The third-order valence-electron chi connectivity index (χ3n) is 16.0. The maximum absolute atomic E-state index is 13.9. The summed E-state index contributed by atoms with van der Waals surface area (Å²) in [4.78, 5) is 27.7. The Balaban J connectivity index is 0.985. The molecule has 3 saturated carbocycles. The van der Waals surface area contributed by atoms with Crippen molar-refractivity contribution in [3.8, 4) is 0 Å². The van der Waals surface area contributed by atoms with E-state index in [4.69, 9.17) is 28.4 Å². The molecular formula is C45H70O18. The molecule has 0 unspecified atom stereocenters. The first-order chi connectivity index (χ1) is 29.7. The van der Waals surface area contributed by atoms with Crippen LogP contribution in [-0.4, -0.2) is 181 Å². The predicted octanol–water partition coefficient (Wildman–Crippen LogP) is -0.716. The topological polar surface area (TPSA) is 292 Å². The number of rotatable bonds is 13. The molecule has 0 radical (unpaired) electrons. The summed E-state index contributed by atoms with van der Waals surface area (Å²) >= 11 is 0. The van der Waals surface area contributed by atoms with E-state index in [2.05, 4.69) is 19.9 Å². The molecular weight excluding hydrogens is 828 g/mol. The number of hydrogen-bond donors (Lipinski definition) is 10. The van der Waals surface area contributed by atoms with E-state index in [1.165, 1.54) is 12.5 Å². The van der Waals surface area contributed by atoms with Crippen molar-refractivity contribution in [1.82, 2.24) is 0 Å². The van der Waals surface area contributed by atoms with Crippen molar-refractivity contribution in [2.75, 3.05) is 19.8 Å². The second-order valence-electron chi connectivity index (χ2n) is 19.9. The summed E-state index contributed by atoms with van der Waals surface area (Å²) < 4.78 is 35.1.